The van der Waals surface area contributed by atoms with Crippen LogP contribution >= 0.6 is 11.8 Å². The van der Waals surface area contributed by atoms with E-state index in [0.29, 0.717) is 0 Å². The predicted octanol–water partition coefficient (Wildman–Crippen LogP) is 2.32. The highest BCUT2D eigenvalue weighted by Crippen LogP contribution is 2.19. The maximum atomic E-state index is 8.58. The van der Waals surface area contributed by atoms with Crippen LogP contribution in [0.15, 0.2) is 29.2 Å². The van der Waals surface area contributed by atoms with Crippen molar-refractivity contribution in [2.45, 2.75) is 17.9 Å². The highest BCUT2D eigenvalue weighted by molar-refractivity contribution is 7.99. The Bertz CT molecular complexity index is 300. The van der Waals surface area contributed by atoms with Gasteiger partial charge in [-0.1, -0.05) is 19.1 Å². The summed E-state index contributed by atoms with van der Waals surface area (Å²) in [5.74, 6) is 1.06. The molecule has 2 N–H and O–H groups in total. The van der Waals surface area contributed by atoms with Crippen LogP contribution in [0.5, 0.6) is 0 Å². The first-order valence-corrected chi connectivity index (χ1v) is 5.14. The van der Waals surface area contributed by atoms with Gasteiger partial charge in [-0.05, 0) is 23.4 Å². The van der Waals surface area contributed by atoms with E-state index < -0.39 is 6.04 Å². The molecule has 13 heavy (non-hydrogen) atoms. The van der Waals surface area contributed by atoms with Crippen molar-refractivity contribution < 1.29 is 0 Å². The number of hydrogen-bond donors (Lipinski definition) is 1. The number of benzene rings is 1. The average molecular weight is 192 g/mol. The van der Waals surface area contributed by atoms with Crippen molar-refractivity contribution in [3.05, 3.63) is 29.8 Å². The second kappa shape index (κ2) is 4.90. The van der Waals surface area contributed by atoms with Crippen LogP contribution in [0.4, 0.5) is 0 Å². The van der Waals surface area contributed by atoms with Gasteiger partial charge in [-0.25, -0.2) is 0 Å². The predicted molar refractivity (Wildman–Crippen MR) is 55.4 cm³/mol. The van der Waals surface area contributed by atoms with Crippen molar-refractivity contribution in [2.24, 2.45) is 5.73 Å². The van der Waals surface area contributed by atoms with Gasteiger partial charge < -0.3 is 5.73 Å². The average Bonchev–Trinajstić information content (AvgIpc) is 2.18. The van der Waals surface area contributed by atoms with Crippen molar-refractivity contribution in [1.82, 2.24) is 0 Å². The third-order valence-corrected chi connectivity index (χ3v) is 2.58. The first-order valence-electron chi connectivity index (χ1n) is 4.16. The molecule has 0 heterocycles. The van der Waals surface area contributed by atoms with E-state index in [9.17, 15) is 0 Å². The topological polar surface area (TPSA) is 49.8 Å². The normalized spacial score (nSPS) is 12.1. The van der Waals surface area contributed by atoms with Gasteiger partial charge in [-0.15, -0.1) is 11.8 Å². The van der Waals surface area contributed by atoms with Crippen LogP contribution in [0.2, 0.25) is 0 Å². The zero-order valence-electron chi connectivity index (χ0n) is 7.53. The Morgan fingerprint density at radius 3 is 2.54 bits per heavy atom. The number of nitrogens with two attached hydrogens (primary N) is 1. The number of thioether (sulfide) groups is 1. The standard InChI is InChI=1S/C10H12N2S/c1-2-13-9-5-3-8(4-6-9)10(12)7-11/h3-6,10H,2,12H2,1H3/t10-/m1/s1. The molecule has 0 unspecified atom stereocenters. The Hall–Kier alpha value is -0.980. The van der Waals surface area contributed by atoms with Gasteiger partial charge >= 0.3 is 0 Å². The lowest BCUT2D eigenvalue weighted by Gasteiger charge is -2.03. The molecular weight excluding hydrogens is 180 g/mol. The molecule has 1 rings (SSSR count). The first kappa shape index (κ1) is 10.1. The van der Waals surface area contributed by atoms with Crippen molar-refractivity contribution in [1.29, 1.82) is 5.26 Å². The third-order valence-electron chi connectivity index (χ3n) is 1.69. The summed E-state index contributed by atoms with van der Waals surface area (Å²) in [5.41, 5.74) is 6.43. The molecule has 2 nitrogen and oxygen atoms in total. The van der Waals surface area contributed by atoms with Gasteiger partial charge in [-0.2, -0.15) is 5.26 Å². The first-order chi connectivity index (χ1) is 6.27. The van der Waals surface area contributed by atoms with Gasteiger partial charge in [-0.3, -0.25) is 0 Å². The van der Waals surface area contributed by atoms with Gasteiger partial charge in [0.1, 0.15) is 6.04 Å². The lowest BCUT2D eigenvalue weighted by atomic mass is 10.1. The SMILES string of the molecule is CCSc1ccc([C@H](N)C#N)cc1. The highest BCUT2D eigenvalue weighted by Gasteiger charge is 2.02. The summed E-state index contributed by atoms with van der Waals surface area (Å²) in [6.45, 7) is 2.11. The number of hydrogen-bond acceptors (Lipinski definition) is 3. The summed E-state index contributed by atoms with van der Waals surface area (Å²) in [5, 5.41) is 8.58. The van der Waals surface area contributed by atoms with Crippen molar-refractivity contribution in [3.63, 3.8) is 0 Å². The summed E-state index contributed by atoms with van der Waals surface area (Å²) >= 11 is 1.78. The molecule has 0 radical (unpaired) electrons. The molecular formula is C10H12N2S. The molecule has 0 spiro atoms. The second-order valence-corrected chi connectivity index (χ2v) is 3.95. The molecule has 3 heteroatoms. The van der Waals surface area contributed by atoms with Crippen LogP contribution in [-0.2, 0) is 0 Å². The van der Waals surface area contributed by atoms with Gasteiger partial charge in [0.15, 0.2) is 0 Å². The highest BCUT2D eigenvalue weighted by atomic mass is 32.2. The Balaban J connectivity index is 2.76. The molecule has 0 amide bonds. The molecule has 0 saturated carbocycles. The Labute approximate surface area is 82.7 Å². The van der Waals surface area contributed by atoms with E-state index in [0.717, 1.165) is 11.3 Å². The van der Waals surface area contributed by atoms with E-state index in [-0.39, 0.29) is 0 Å². The van der Waals surface area contributed by atoms with Crippen LogP contribution in [0.3, 0.4) is 0 Å². The van der Waals surface area contributed by atoms with Gasteiger partial charge in [0.05, 0.1) is 6.07 Å². The molecule has 1 atom stereocenters. The summed E-state index contributed by atoms with van der Waals surface area (Å²) in [6, 6.07) is 9.32. The number of nitrogens with zero attached hydrogens (tertiary/aromatic N) is 1. The number of rotatable bonds is 3. The van der Waals surface area contributed by atoms with Crippen LogP contribution in [0.25, 0.3) is 0 Å². The fourth-order valence-electron chi connectivity index (χ4n) is 1.01. The fraction of sp³-hybridized carbons (Fsp3) is 0.300. The molecule has 0 aliphatic rings. The third kappa shape index (κ3) is 2.76. The lowest BCUT2D eigenvalue weighted by molar-refractivity contribution is 0.924. The minimum atomic E-state index is -0.499. The molecule has 1 aromatic carbocycles. The van der Waals surface area contributed by atoms with Crippen LogP contribution < -0.4 is 5.73 Å². The molecule has 1 aromatic rings. The van der Waals surface area contributed by atoms with E-state index in [4.69, 9.17) is 11.0 Å². The van der Waals surface area contributed by atoms with E-state index in [1.54, 1.807) is 11.8 Å². The Kier molecular flexibility index (Phi) is 3.81. The van der Waals surface area contributed by atoms with Crippen molar-refractivity contribution >= 4 is 11.8 Å². The summed E-state index contributed by atoms with van der Waals surface area (Å²) < 4.78 is 0. The largest absolute Gasteiger partial charge is 0.312 e. The van der Waals surface area contributed by atoms with Crippen LogP contribution in [-0.4, -0.2) is 5.75 Å². The summed E-state index contributed by atoms with van der Waals surface area (Å²) in [6.07, 6.45) is 0. The minimum absolute atomic E-state index is 0.499. The van der Waals surface area contributed by atoms with Crippen LogP contribution in [0.1, 0.15) is 18.5 Å². The van der Waals surface area contributed by atoms with Crippen molar-refractivity contribution in [3.8, 4) is 6.07 Å². The summed E-state index contributed by atoms with van der Waals surface area (Å²) in [7, 11) is 0. The Morgan fingerprint density at radius 1 is 1.46 bits per heavy atom. The van der Waals surface area contributed by atoms with E-state index in [1.165, 1.54) is 4.90 Å². The van der Waals surface area contributed by atoms with E-state index in [1.807, 2.05) is 30.3 Å². The molecule has 0 aromatic heterocycles. The second-order valence-electron chi connectivity index (χ2n) is 2.61. The molecule has 68 valence electrons. The fourth-order valence-corrected chi connectivity index (χ4v) is 1.67. The lowest BCUT2D eigenvalue weighted by Crippen LogP contribution is -2.06. The monoisotopic (exact) mass is 192 g/mol. The van der Waals surface area contributed by atoms with E-state index >= 15 is 0 Å². The van der Waals surface area contributed by atoms with Gasteiger partial charge in [0, 0.05) is 4.90 Å². The number of nitriles is 1. The van der Waals surface area contributed by atoms with E-state index in [2.05, 4.69) is 6.92 Å². The molecule has 0 saturated heterocycles. The van der Waals surface area contributed by atoms with Crippen molar-refractivity contribution in [2.75, 3.05) is 5.75 Å². The molecule has 0 fully saturated rings. The molecule has 0 bridgehead atoms. The van der Waals surface area contributed by atoms with Crippen LogP contribution in [0, 0.1) is 11.3 Å². The summed E-state index contributed by atoms with van der Waals surface area (Å²) in [4.78, 5) is 1.22. The molecule has 0 aliphatic heterocycles. The smallest absolute Gasteiger partial charge is 0.118 e. The quantitative estimate of drug-likeness (QED) is 0.748. The Morgan fingerprint density at radius 2 is 2.08 bits per heavy atom. The maximum absolute atomic E-state index is 8.58. The van der Waals surface area contributed by atoms with Gasteiger partial charge in [0.25, 0.3) is 0 Å². The molecule has 0 aliphatic carbocycles. The zero-order valence-corrected chi connectivity index (χ0v) is 8.34. The maximum Gasteiger partial charge on any atom is 0.118 e. The zero-order chi connectivity index (χ0) is 9.68. The minimum Gasteiger partial charge on any atom is -0.312 e. The van der Waals surface area contributed by atoms with Gasteiger partial charge in [0.2, 0.25) is 0 Å².